The zero-order valence-electron chi connectivity index (χ0n) is 11.4. The van der Waals surface area contributed by atoms with E-state index >= 15 is 0 Å². The molecule has 1 aliphatic heterocycles. The third kappa shape index (κ3) is 2.47. The molecule has 23 heavy (non-hydrogen) atoms. The molecular formula is C15H8ClFN2O3S. The van der Waals surface area contributed by atoms with Gasteiger partial charge in [0.25, 0.3) is 5.91 Å². The maximum Gasteiger partial charge on any atom is 0.261 e. The van der Waals surface area contributed by atoms with Crippen LogP contribution >= 0.6 is 22.9 Å². The van der Waals surface area contributed by atoms with E-state index in [1.165, 1.54) is 29.5 Å². The maximum absolute atomic E-state index is 13.8. The number of anilines is 1. The minimum atomic E-state index is -0.683. The van der Waals surface area contributed by atoms with Crippen molar-refractivity contribution in [3.05, 3.63) is 46.7 Å². The number of hydrogen-bond acceptors (Lipinski definition) is 5. The first-order valence-electron chi connectivity index (χ1n) is 6.57. The molecule has 1 aromatic heterocycles. The number of hydrogen-bond donors (Lipinski definition) is 1. The third-order valence-corrected chi connectivity index (χ3v) is 4.54. The molecule has 3 aromatic rings. The second kappa shape index (κ2) is 5.36. The van der Waals surface area contributed by atoms with Gasteiger partial charge in [-0.2, -0.15) is 0 Å². The van der Waals surface area contributed by atoms with E-state index in [-0.39, 0.29) is 17.4 Å². The van der Waals surface area contributed by atoms with Crippen molar-refractivity contribution in [1.82, 2.24) is 4.98 Å². The van der Waals surface area contributed by atoms with Gasteiger partial charge < -0.3 is 9.47 Å². The Bertz CT molecular complexity index is 883. The van der Waals surface area contributed by atoms with Crippen LogP contribution in [0.15, 0.2) is 30.3 Å². The molecule has 0 saturated heterocycles. The van der Waals surface area contributed by atoms with E-state index in [0.29, 0.717) is 22.1 Å². The number of carbonyl (C=O) groups is 1. The molecule has 0 unspecified atom stereocenters. The number of benzene rings is 2. The second-order valence-electron chi connectivity index (χ2n) is 4.74. The van der Waals surface area contributed by atoms with Gasteiger partial charge in [-0.05, 0) is 12.1 Å². The van der Waals surface area contributed by atoms with Crippen molar-refractivity contribution in [3.8, 4) is 11.5 Å². The molecule has 0 bridgehead atoms. The van der Waals surface area contributed by atoms with Gasteiger partial charge in [-0.15, -0.1) is 0 Å². The fourth-order valence-corrected chi connectivity index (χ4v) is 3.37. The Morgan fingerprint density at radius 1 is 1.30 bits per heavy atom. The average Bonchev–Trinajstić information content (AvgIpc) is 3.09. The summed E-state index contributed by atoms with van der Waals surface area (Å²) in [6.45, 7) is 0.183. The molecule has 2 aromatic carbocycles. The van der Waals surface area contributed by atoms with Crippen LogP contribution in [0.5, 0.6) is 11.5 Å². The molecule has 0 saturated carbocycles. The summed E-state index contributed by atoms with van der Waals surface area (Å²) in [5.41, 5.74) is 0.455. The summed E-state index contributed by atoms with van der Waals surface area (Å²) in [6.07, 6.45) is 0. The highest BCUT2D eigenvalue weighted by molar-refractivity contribution is 7.22. The summed E-state index contributed by atoms with van der Waals surface area (Å²) in [4.78, 5) is 16.5. The minimum absolute atomic E-state index is 0.0457. The van der Waals surface area contributed by atoms with Gasteiger partial charge in [0.15, 0.2) is 16.6 Å². The van der Waals surface area contributed by atoms with Crippen LogP contribution < -0.4 is 14.8 Å². The van der Waals surface area contributed by atoms with Gasteiger partial charge in [0.05, 0.1) is 20.8 Å². The highest BCUT2D eigenvalue weighted by Gasteiger charge is 2.19. The number of rotatable bonds is 2. The zero-order valence-corrected chi connectivity index (χ0v) is 13.0. The summed E-state index contributed by atoms with van der Waals surface area (Å²) < 4.78 is 25.2. The van der Waals surface area contributed by atoms with Crippen molar-refractivity contribution in [2.75, 3.05) is 12.1 Å². The van der Waals surface area contributed by atoms with Crippen LogP contribution in [-0.4, -0.2) is 17.7 Å². The molecular weight excluding hydrogens is 343 g/mol. The van der Waals surface area contributed by atoms with Crippen LogP contribution in [0.2, 0.25) is 5.02 Å². The summed E-state index contributed by atoms with van der Waals surface area (Å²) in [5, 5.41) is 2.95. The molecule has 1 amide bonds. The molecule has 0 fully saturated rings. The first kappa shape index (κ1) is 14.2. The number of fused-ring (bicyclic) bond motifs is 2. The van der Waals surface area contributed by atoms with E-state index in [4.69, 9.17) is 21.1 Å². The topological polar surface area (TPSA) is 60.5 Å². The lowest BCUT2D eigenvalue weighted by Crippen LogP contribution is -2.14. The second-order valence-corrected chi connectivity index (χ2v) is 6.18. The number of nitrogens with zero attached hydrogens (tertiary/aromatic N) is 1. The Labute approximate surface area is 138 Å². The molecule has 116 valence electrons. The standard InChI is InChI=1S/C15H8ClFN2O3S/c16-7-2-1-3-8(17)13(7)14(20)19-15-18-9-4-10-11(22-6-21-10)5-12(9)23-15/h1-5H,6H2,(H,18,19,20). The number of carbonyl (C=O) groups excluding carboxylic acids is 1. The van der Waals surface area contributed by atoms with Gasteiger partial charge in [0.2, 0.25) is 6.79 Å². The molecule has 1 aliphatic rings. The molecule has 2 heterocycles. The van der Waals surface area contributed by atoms with E-state index in [2.05, 4.69) is 10.3 Å². The fraction of sp³-hybridized carbons (Fsp3) is 0.0667. The lowest BCUT2D eigenvalue weighted by molar-refractivity contribution is 0.102. The van der Waals surface area contributed by atoms with E-state index in [0.717, 1.165) is 4.70 Å². The Morgan fingerprint density at radius 3 is 2.87 bits per heavy atom. The molecule has 8 heteroatoms. The van der Waals surface area contributed by atoms with E-state index in [9.17, 15) is 9.18 Å². The number of thiazole rings is 1. The van der Waals surface area contributed by atoms with E-state index < -0.39 is 11.7 Å². The summed E-state index contributed by atoms with van der Waals surface area (Å²) in [5.74, 6) is -0.0851. The Hall–Kier alpha value is -2.38. The van der Waals surface area contributed by atoms with Crippen molar-refractivity contribution in [1.29, 1.82) is 0 Å². The predicted octanol–water partition coefficient (Wildman–Crippen LogP) is 4.07. The summed E-state index contributed by atoms with van der Waals surface area (Å²) >= 11 is 7.14. The minimum Gasteiger partial charge on any atom is -0.454 e. The quantitative estimate of drug-likeness (QED) is 0.756. The van der Waals surface area contributed by atoms with Gasteiger partial charge in [0, 0.05) is 12.1 Å². The predicted molar refractivity (Wildman–Crippen MR) is 85.1 cm³/mol. The number of halogens is 2. The highest BCUT2D eigenvalue weighted by atomic mass is 35.5. The van der Waals surface area contributed by atoms with Crippen molar-refractivity contribution >= 4 is 44.2 Å². The highest BCUT2D eigenvalue weighted by Crippen LogP contribution is 2.39. The molecule has 0 spiro atoms. The summed E-state index contributed by atoms with van der Waals surface area (Å²) in [7, 11) is 0. The van der Waals surface area contributed by atoms with Crippen LogP contribution in [0, 0.1) is 5.82 Å². The molecule has 4 rings (SSSR count). The number of amides is 1. The molecule has 0 aliphatic carbocycles. The van der Waals surface area contributed by atoms with E-state index in [1.807, 2.05) is 0 Å². The summed E-state index contributed by atoms with van der Waals surface area (Å²) in [6, 6.07) is 7.60. The molecule has 0 radical (unpaired) electrons. The van der Waals surface area contributed by atoms with Gasteiger partial charge in [-0.3, -0.25) is 10.1 Å². The van der Waals surface area contributed by atoms with Crippen molar-refractivity contribution in [3.63, 3.8) is 0 Å². The lowest BCUT2D eigenvalue weighted by Gasteiger charge is -2.04. The lowest BCUT2D eigenvalue weighted by atomic mass is 10.2. The SMILES string of the molecule is O=C(Nc1nc2cc3c(cc2s1)OCO3)c1c(F)cccc1Cl. The van der Waals surface area contributed by atoms with Crippen LogP contribution in [0.3, 0.4) is 0 Å². The van der Waals surface area contributed by atoms with Crippen LogP contribution in [-0.2, 0) is 0 Å². The maximum atomic E-state index is 13.8. The molecule has 0 atom stereocenters. The average molecular weight is 351 g/mol. The monoisotopic (exact) mass is 350 g/mol. The van der Waals surface area contributed by atoms with Crippen molar-refractivity contribution < 1.29 is 18.7 Å². The van der Waals surface area contributed by atoms with Crippen molar-refractivity contribution in [2.24, 2.45) is 0 Å². The third-order valence-electron chi connectivity index (χ3n) is 3.29. The van der Waals surface area contributed by atoms with Crippen molar-refractivity contribution in [2.45, 2.75) is 0 Å². The number of aromatic nitrogens is 1. The Morgan fingerprint density at radius 2 is 2.09 bits per heavy atom. The largest absolute Gasteiger partial charge is 0.454 e. The Kier molecular flexibility index (Phi) is 3.32. The van der Waals surface area contributed by atoms with Gasteiger partial charge >= 0.3 is 0 Å². The van der Waals surface area contributed by atoms with Crippen LogP contribution in [0.4, 0.5) is 9.52 Å². The van der Waals surface area contributed by atoms with Crippen LogP contribution in [0.25, 0.3) is 10.2 Å². The first-order chi connectivity index (χ1) is 11.1. The fourth-order valence-electron chi connectivity index (χ4n) is 2.25. The molecule has 1 N–H and O–H groups in total. The number of ether oxygens (including phenoxy) is 2. The Balaban J connectivity index is 1.66. The smallest absolute Gasteiger partial charge is 0.261 e. The van der Waals surface area contributed by atoms with Gasteiger partial charge in [-0.1, -0.05) is 29.0 Å². The normalized spacial score (nSPS) is 12.6. The van der Waals surface area contributed by atoms with Gasteiger partial charge in [0.1, 0.15) is 5.82 Å². The zero-order chi connectivity index (χ0) is 16.0. The van der Waals surface area contributed by atoms with E-state index in [1.54, 1.807) is 12.1 Å². The number of nitrogens with one attached hydrogen (secondary N) is 1. The molecule has 5 nitrogen and oxygen atoms in total. The van der Waals surface area contributed by atoms with Crippen LogP contribution in [0.1, 0.15) is 10.4 Å². The first-order valence-corrected chi connectivity index (χ1v) is 7.77. The van der Waals surface area contributed by atoms with Gasteiger partial charge in [-0.25, -0.2) is 9.37 Å².